The Hall–Kier alpha value is -1.88. The molecule has 0 spiro atoms. The van der Waals surface area contributed by atoms with Crippen molar-refractivity contribution < 1.29 is 17.9 Å². The first-order chi connectivity index (χ1) is 8.86. The summed E-state index contributed by atoms with van der Waals surface area (Å²) in [6.45, 7) is 0. The van der Waals surface area contributed by atoms with E-state index in [4.69, 9.17) is 22.1 Å². The lowest BCUT2D eigenvalue weighted by Crippen LogP contribution is -2.04. The van der Waals surface area contributed by atoms with Crippen LogP contribution in [0.2, 0.25) is 5.02 Å². The van der Waals surface area contributed by atoms with Crippen LogP contribution in [0.15, 0.2) is 42.5 Å². The molecule has 0 heterocycles. The summed E-state index contributed by atoms with van der Waals surface area (Å²) in [5, 5.41) is 0.282. The monoisotopic (exact) mass is 287 g/mol. The zero-order chi connectivity index (χ0) is 14.0. The highest BCUT2D eigenvalue weighted by molar-refractivity contribution is 6.33. The molecule has 6 heteroatoms. The van der Waals surface area contributed by atoms with Gasteiger partial charge in [0.25, 0.3) is 0 Å². The van der Waals surface area contributed by atoms with Crippen molar-refractivity contribution in [3.8, 4) is 11.5 Å². The van der Waals surface area contributed by atoms with Gasteiger partial charge in [-0.3, -0.25) is 0 Å². The fraction of sp³-hybridized carbons (Fsp3) is 0.0769. The van der Waals surface area contributed by atoms with Crippen LogP contribution in [-0.2, 0) is 6.18 Å². The maximum absolute atomic E-state index is 12.5. The molecule has 2 N–H and O–H groups in total. The molecule has 2 rings (SSSR count). The van der Waals surface area contributed by atoms with E-state index in [9.17, 15) is 13.2 Å². The lowest BCUT2D eigenvalue weighted by molar-refractivity contribution is -0.137. The number of alkyl halides is 3. The van der Waals surface area contributed by atoms with Gasteiger partial charge in [-0.05, 0) is 30.3 Å². The number of halogens is 4. The van der Waals surface area contributed by atoms with E-state index < -0.39 is 11.7 Å². The van der Waals surface area contributed by atoms with Gasteiger partial charge in [-0.1, -0.05) is 17.7 Å². The minimum Gasteiger partial charge on any atom is -0.457 e. The van der Waals surface area contributed by atoms with E-state index in [-0.39, 0.29) is 10.8 Å². The van der Waals surface area contributed by atoms with Crippen molar-refractivity contribution >= 4 is 17.3 Å². The van der Waals surface area contributed by atoms with Crippen molar-refractivity contribution in [1.29, 1.82) is 0 Å². The molecule has 2 aromatic rings. The third-order valence-electron chi connectivity index (χ3n) is 2.37. The lowest BCUT2D eigenvalue weighted by atomic mass is 10.2. The molecule has 0 aliphatic heterocycles. The van der Waals surface area contributed by atoms with Crippen molar-refractivity contribution in [3.63, 3.8) is 0 Å². The van der Waals surface area contributed by atoms with Gasteiger partial charge >= 0.3 is 6.18 Å². The first-order valence-corrected chi connectivity index (χ1v) is 5.64. The predicted molar refractivity (Wildman–Crippen MR) is 67.4 cm³/mol. The fourth-order valence-electron chi connectivity index (χ4n) is 1.44. The van der Waals surface area contributed by atoms with E-state index in [0.29, 0.717) is 11.4 Å². The molecule has 0 saturated heterocycles. The van der Waals surface area contributed by atoms with Crippen LogP contribution in [0, 0.1) is 0 Å². The molecule has 2 nitrogen and oxygen atoms in total. The van der Waals surface area contributed by atoms with E-state index in [2.05, 4.69) is 0 Å². The van der Waals surface area contributed by atoms with Crippen molar-refractivity contribution in [1.82, 2.24) is 0 Å². The predicted octanol–water partition coefficient (Wildman–Crippen LogP) is 4.73. The zero-order valence-corrected chi connectivity index (χ0v) is 10.3. The first-order valence-electron chi connectivity index (χ1n) is 5.26. The van der Waals surface area contributed by atoms with Crippen LogP contribution in [0.4, 0.5) is 18.9 Å². The van der Waals surface area contributed by atoms with Gasteiger partial charge in [0.2, 0.25) is 0 Å². The van der Waals surface area contributed by atoms with Crippen LogP contribution in [0.5, 0.6) is 11.5 Å². The molecular weight excluding hydrogens is 279 g/mol. The molecule has 0 unspecified atom stereocenters. The summed E-state index contributed by atoms with van der Waals surface area (Å²) in [6.07, 6.45) is -4.40. The summed E-state index contributed by atoms with van der Waals surface area (Å²) in [5.41, 5.74) is 5.13. The lowest BCUT2D eigenvalue weighted by Gasteiger charge is -2.10. The third-order valence-corrected chi connectivity index (χ3v) is 2.70. The Morgan fingerprint density at radius 1 is 1.00 bits per heavy atom. The Bertz CT molecular complexity index is 599. The number of benzene rings is 2. The summed E-state index contributed by atoms with van der Waals surface area (Å²) in [4.78, 5) is 0. The minimum atomic E-state index is -4.40. The smallest absolute Gasteiger partial charge is 0.416 e. The normalized spacial score (nSPS) is 11.4. The number of anilines is 1. The second-order valence-corrected chi connectivity index (χ2v) is 4.22. The third kappa shape index (κ3) is 3.32. The highest BCUT2D eigenvalue weighted by Gasteiger charge is 2.30. The molecule has 19 heavy (non-hydrogen) atoms. The second kappa shape index (κ2) is 5.01. The van der Waals surface area contributed by atoms with Gasteiger partial charge in [0.05, 0.1) is 16.3 Å². The average molecular weight is 288 g/mol. The van der Waals surface area contributed by atoms with Crippen molar-refractivity contribution in [3.05, 3.63) is 53.1 Å². The summed E-state index contributed by atoms with van der Waals surface area (Å²) in [5.74, 6) is 0.397. The van der Waals surface area contributed by atoms with Crippen molar-refractivity contribution in [2.75, 3.05) is 5.73 Å². The molecule has 0 bridgehead atoms. The number of nitrogens with two attached hydrogens (primary N) is 1. The molecule has 0 radical (unpaired) electrons. The van der Waals surface area contributed by atoms with E-state index in [0.717, 1.165) is 12.1 Å². The van der Waals surface area contributed by atoms with Crippen LogP contribution in [-0.4, -0.2) is 0 Å². The highest BCUT2D eigenvalue weighted by atomic mass is 35.5. The summed E-state index contributed by atoms with van der Waals surface area (Å²) >= 11 is 5.80. The second-order valence-electron chi connectivity index (χ2n) is 3.81. The standard InChI is InChI=1S/C13H9ClF3NO/c14-11-7-10(4-5-12(11)18)19-9-3-1-2-8(6-9)13(15,16)17/h1-7H,18H2. The molecule has 0 fully saturated rings. The van der Waals surface area contributed by atoms with Crippen LogP contribution >= 0.6 is 11.6 Å². The quantitative estimate of drug-likeness (QED) is 0.810. The number of rotatable bonds is 2. The Labute approximate surface area is 112 Å². The number of hydrogen-bond acceptors (Lipinski definition) is 2. The summed E-state index contributed by atoms with van der Waals surface area (Å²) in [6, 6.07) is 9.09. The minimum absolute atomic E-state index is 0.0793. The van der Waals surface area contributed by atoms with Crippen LogP contribution in [0.1, 0.15) is 5.56 Å². The van der Waals surface area contributed by atoms with E-state index in [1.54, 1.807) is 0 Å². The van der Waals surface area contributed by atoms with Crippen molar-refractivity contribution in [2.45, 2.75) is 6.18 Å². The number of hydrogen-bond donors (Lipinski definition) is 1. The molecule has 0 amide bonds. The van der Waals surface area contributed by atoms with Crippen LogP contribution in [0.25, 0.3) is 0 Å². The number of nitrogen functional groups attached to an aromatic ring is 1. The Kier molecular flexibility index (Phi) is 3.57. The molecule has 100 valence electrons. The van der Waals surface area contributed by atoms with Gasteiger partial charge < -0.3 is 10.5 Å². The molecule has 2 aromatic carbocycles. The van der Waals surface area contributed by atoms with Gasteiger partial charge in [0, 0.05) is 6.07 Å². The first kappa shape index (κ1) is 13.5. The number of ether oxygens (including phenoxy) is 1. The average Bonchev–Trinajstić information content (AvgIpc) is 2.33. The van der Waals surface area contributed by atoms with E-state index in [1.807, 2.05) is 0 Å². The molecule has 0 aliphatic carbocycles. The molecule has 0 aliphatic rings. The summed E-state index contributed by atoms with van der Waals surface area (Å²) in [7, 11) is 0. The van der Waals surface area contributed by atoms with E-state index in [1.165, 1.54) is 30.3 Å². The van der Waals surface area contributed by atoms with Gasteiger partial charge in [-0.25, -0.2) is 0 Å². The molecular formula is C13H9ClF3NO. The largest absolute Gasteiger partial charge is 0.457 e. The van der Waals surface area contributed by atoms with Gasteiger partial charge in [-0.2, -0.15) is 13.2 Å². The maximum atomic E-state index is 12.5. The molecule has 0 saturated carbocycles. The van der Waals surface area contributed by atoms with Crippen LogP contribution < -0.4 is 10.5 Å². The van der Waals surface area contributed by atoms with Crippen molar-refractivity contribution in [2.24, 2.45) is 0 Å². The fourth-order valence-corrected chi connectivity index (χ4v) is 1.61. The maximum Gasteiger partial charge on any atom is 0.416 e. The SMILES string of the molecule is Nc1ccc(Oc2cccc(C(F)(F)F)c2)cc1Cl. The molecule has 0 atom stereocenters. The highest BCUT2D eigenvalue weighted by Crippen LogP contribution is 2.33. The Morgan fingerprint density at radius 3 is 2.32 bits per heavy atom. The van der Waals surface area contributed by atoms with E-state index >= 15 is 0 Å². The van der Waals surface area contributed by atoms with Gasteiger partial charge in [0.15, 0.2) is 0 Å². The molecule has 0 aromatic heterocycles. The van der Waals surface area contributed by atoms with Gasteiger partial charge in [0.1, 0.15) is 11.5 Å². The zero-order valence-electron chi connectivity index (χ0n) is 9.54. The topological polar surface area (TPSA) is 35.2 Å². The summed E-state index contributed by atoms with van der Waals surface area (Å²) < 4.78 is 42.9. The Morgan fingerprint density at radius 2 is 1.68 bits per heavy atom. The van der Waals surface area contributed by atoms with Crippen LogP contribution in [0.3, 0.4) is 0 Å². The Balaban J connectivity index is 2.26. The van der Waals surface area contributed by atoms with Gasteiger partial charge in [-0.15, -0.1) is 0 Å².